The summed E-state index contributed by atoms with van der Waals surface area (Å²) in [4.78, 5) is 19.7. The van der Waals surface area contributed by atoms with Crippen molar-refractivity contribution in [1.29, 1.82) is 0 Å². The summed E-state index contributed by atoms with van der Waals surface area (Å²) < 4.78 is 0. The molecule has 0 radical (unpaired) electrons. The standard InChI is InChI=1S/C12H8N4O7/c17-7-1-2-8(11(18)5-7)13-14-9-3-6(15(20)21)4-10(12(9)19)16(22)23/h1-5,17-19H. The summed E-state index contributed by atoms with van der Waals surface area (Å²) >= 11 is 0. The van der Waals surface area contributed by atoms with Crippen LogP contribution < -0.4 is 0 Å². The normalized spacial score (nSPS) is 10.8. The Hall–Kier alpha value is -3.76. The van der Waals surface area contributed by atoms with E-state index in [-0.39, 0.29) is 11.4 Å². The second kappa shape index (κ2) is 5.93. The quantitative estimate of drug-likeness (QED) is 0.441. The van der Waals surface area contributed by atoms with E-state index < -0.39 is 38.4 Å². The molecule has 0 amide bonds. The highest BCUT2D eigenvalue weighted by molar-refractivity contribution is 5.67. The zero-order chi connectivity index (χ0) is 17.1. The van der Waals surface area contributed by atoms with Gasteiger partial charge in [-0.15, -0.1) is 10.2 Å². The predicted molar refractivity (Wildman–Crippen MR) is 75.4 cm³/mol. The van der Waals surface area contributed by atoms with Gasteiger partial charge in [0.1, 0.15) is 22.9 Å². The fourth-order valence-corrected chi connectivity index (χ4v) is 1.61. The molecule has 0 heterocycles. The maximum absolute atomic E-state index is 10.8. The minimum absolute atomic E-state index is 0.114. The van der Waals surface area contributed by atoms with Gasteiger partial charge in [0.25, 0.3) is 5.69 Å². The molecule has 0 unspecified atom stereocenters. The van der Waals surface area contributed by atoms with Crippen LogP contribution >= 0.6 is 0 Å². The van der Waals surface area contributed by atoms with Crippen molar-refractivity contribution in [3.05, 3.63) is 50.6 Å². The number of hydrogen-bond acceptors (Lipinski definition) is 9. The lowest BCUT2D eigenvalue weighted by molar-refractivity contribution is -0.394. The Morgan fingerprint density at radius 2 is 1.52 bits per heavy atom. The first-order valence-corrected chi connectivity index (χ1v) is 5.89. The molecule has 118 valence electrons. The number of rotatable bonds is 4. The Balaban J connectivity index is 2.52. The van der Waals surface area contributed by atoms with Crippen LogP contribution in [0.1, 0.15) is 0 Å². The lowest BCUT2D eigenvalue weighted by atomic mass is 10.2. The Bertz CT molecular complexity index is 834. The van der Waals surface area contributed by atoms with Crippen molar-refractivity contribution in [3.8, 4) is 17.2 Å². The second-order valence-corrected chi connectivity index (χ2v) is 4.22. The molecular formula is C12H8N4O7. The van der Waals surface area contributed by atoms with Crippen LogP contribution in [0.3, 0.4) is 0 Å². The van der Waals surface area contributed by atoms with Crippen molar-refractivity contribution in [2.75, 3.05) is 0 Å². The third kappa shape index (κ3) is 3.29. The smallest absolute Gasteiger partial charge is 0.319 e. The summed E-state index contributed by atoms with van der Waals surface area (Å²) in [5, 5.41) is 57.0. The minimum Gasteiger partial charge on any atom is -0.508 e. The SMILES string of the molecule is O=[N+]([O-])c1cc(N=Nc2ccc(O)cc2O)c(O)c([N+](=O)[O-])c1. The van der Waals surface area contributed by atoms with E-state index >= 15 is 0 Å². The molecule has 11 heteroatoms. The van der Waals surface area contributed by atoms with Gasteiger partial charge in [-0.3, -0.25) is 20.2 Å². The van der Waals surface area contributed by atoms with Crippen LogP contribution in [0.15, 0.2) is 40.6 Å². The van der Waals surface area contributed by atoms with Crippen molar-refractivity contribution >= 4 is 22.7 Å². The monoisotopic (exact) mass is 320 g/mol. The third-order valence-corrected chi connectivity index (χ3v) is 2.69. The Kier molecular flexibility index (Phi) is 4.03. The molecule has 2 aromatic carbocycles. The third-order valence-electron chi connectivity index (χ3n) is 2.69. The fourth-order valence-electron chi connectivity index (χ4n) is 1.61. The number of nitrogens with zero attached hydrogens (tertiary/aromatic N) is 4. The Morgan fingerprint density at radius 3 is 2.09 bits per heavy atom. The van der Waals surface area contributed by atoms with E-state index in [4.69, 9.17) is 5.11 Å². The average Bonchev–Trinajstić information content (AvgIpc) is 2.47. The predicted octanol–water partition coefficient (Wildman–Crippen LogP) is 3.04. The number of benzene rings is 2. The molecule has 2 aromatic rings. The molecule has 3 N–H and O–H groups in total. The van der Waals surface area contributed by atoms with E-state index in [0.717, 1.165) is 12.1 Å². The molecule has 0 aromatic heterocycles. The molecule has 23 heavy (non-hydrogen) atoms. The van der Waals surface area contributed by atoms with E-state index in [2.05, 4.69) is 10.2 Å². The summed E-state index contributed by atoms with van der Waals surface area (Å²) in [6.07, 6.45) is 0. The highest BCUT2D eigenvalue weighted by atomic mass is 16.6. The van der Waals surface area contributed by atoms with E-state index in [0.29, 0.717) is 6.07 Å². The van der Waals surface area contributed by atoms with Crippen LogP contribution in [0.4, 0.5) is 22.7 Å². The molecule has 0 fully saturated rings. The maximum atomic E-state index is 10.8. The van der Waals surface area contributed by atoms with Crippen LogP contribution in [-0.4, -0.2) is 25.2 Å². The number of azo groups is 1. The van der Waals surface area contributed by atoms with Gasteiger partial charge in [0.2, 0.25) is 5.75 Å². The molecule has 0 saturated heterocycles. The summed E-state index contributed by atoms with van der Waals surface area (Å²) in [7, 11) is 0. The number of aromatic hydroxyl groups is 3. The van der Waals surface area contributed by atoms with Gasteiger partial charge in [-0.25, -0.2) is 0 Å². The molecule has 0 atom stereocenters. The first-order chi connectivity index (χ1) is 10.8. The molecule has 2 rings (SSSR count). The molecular weight excluding hydrogens is 312 g/mol. The number of hydrogen-bond donors (Lipinski definition) is 3. The maximum Gasteiger partial charge on any atom is 0.319 e. The number of nitro groups is 2. The van der Waals surface area contributed by atoms with Gasteiger partial charge in [-0.1, -0.05) is 0 Å². The van der Waals surface area contributed by atoms with Crippen LogP contribution in [0, 0.1) is 20.2 Å². The number of non-ortho nitro benzene ring substituents is 1. The lowest BCUT2D eigenvalue weighted by Gasteiger charge is -2.01. The fraction of sp³-hybridized carbons (Fsp3) is 0. The van der Waals surface area contributed by atoms with E-state index in [1.165, 1.54) is 12.1 Å². The van der Waals surface area contributed by atoms with Gasteiger partial charge in [-0.2, -0.15) is 0 Å². The zero-order valence-corrected chi connectivity index (χ0v) is 11.2. The molecule has 0 bridgehead atoms. The largest absolute Gasteiger partial charge is 0.508 e. The first kappa shape index (κ1) is 15.6. The lowest BCUT2D eigenvalue weighted by Crippen LogP contribution is -1.93. The van der Waals surface area contributed by atoms with Crippen LogP contribution in [0.2, 0.25) is 0 Å². The summed E-state index contributed by atoms with van der Waals surface area (Å²) in [6, 6.07) is 4.75. The van der Waals surface area contributed by atoms with Gasteiger partial charge < -0.3 is 15.3 Å². The van der Waals surface area contributed by atoms with E-state index in [1.54, 1.807) is 0 Å². The molecule has 0 aliphatic carbocycles. The van der Waals surface area contributed by atoms with Gasteiger partial charge in [-0.05, 0) is 12.1 Å². The van der Waals surface area contributed by atoms with Crippen molar-refractivity contribution in [2.24, 2.45) is 10.2 Å². The number of phenolic OH excluding ortho intramolecular Hbond substituents is 3. The minimum atomic E-state index is -1.00. The van der Waals surface area contributed by atoms with Gasteiger partial charge in [0, 0.05) is 12.1 Å². The Morgan fingerprint density at radius 1 is 0.870 bits per heavy atom. The molecule has 0 aliphatic heterocycles. The number of nitro benzene ring substituents is 2. The van der Waals surface area contributed by atoms with Crippen molar-refractivity contribution in [1.82, 2.24) is 0 Å². The molecule has 11 nitrogen and oxygen atoms in total. The average molecular weight is 320 g/mol. The highest BCUT2D eigenvalue weighted by Crippen LogP contribution is 2.41. The summed E-state index contributed by atoms with van der Waals surface area (Å²) in [6.45, 7) is 0. The van der Waals surface area contributed by atoms with Gasteiger partial charge >= 0.3 is 5.69 Å². The molecule has 0 aliphatic rings. The summed E-state index contributed by atoms with van der Waals surface area (Å²) in [5.74, 6) is -1.56. The first-order valence-electron chi connectivity index (χ1n) is 5.89. The summed E-state index contributed by atoms with van der Waals surface area (Å²) in [5.41, 5.74) is -2.18. The topological polar surface area (TPSA) is 172 Å². The zero-order valence-electron chi connectivity index (χ0n) is 11.2. The Labute approximate surface area is 127 Å². The van der Waals surface area contributed by atoms with Crippen LogP contribution in [-0.2, 0) is 0 Å². The van der Waals surface area contributed by atoms with Gasteiger partial charge in [0.05, 0.1) is 15.9 Å². The second-order valence-electron chi connectivity index (χ2n) is 4.22. The van der Waals surface area contributed by atoms with Gasteiger partial charge in [0.15, 0.2) is 0 Å². The van der Waals surface area contributed by atoms with Crippen LogP contribution in [0.25, 0.3) is 0 Å². The molecule has 0 spiro atoms. The van der Waals surface area contributed by atoms with E-state index in [1.807, 2.05) is 0 Å². The van der Waals surface area contributed by atoms with Crippen molar-refractivity contribution in [2.45, 2.75) is 0 Å². The molecule has 0 saturated carbocycles. The number of phenols is 3. The van der Waals surface area contributed by atoms with Crippen molar-refractivity contribution < 1.29 is 25.2 Å². The van der Waals surface area contributed by atoms with Crippen LogP contribution in [0.5, 0.6) is 17.2 Å². The van der Waals surface area contributed by atoms with Crippen molar-refractivity contribution in [3.63, 3.8) is 0 Å². The highest BCUT2D eigenvalue weighted by Gasteiger charge is 2.24. The van der Waals surface area contributed by atoms with E-state index in [9.17, 15) is 30.4 Å².